The second kappa shape index (κ2) is 8.15. The molecule has 1 aliphatic rings. The number of aromatic nitrogens is 3. The molecule has 5 nitrogen and oxygen atoms in total. The average molecular weight is 377 g/mol. The van der Waals surface area contributed by atoms with Crippen LogP contribution in [0.25, 0.3) is 5.69 Å². The number of nitrogens with zero attached hydrogens (tertiary/aromatic N) is 3. The van der Waals surface area contributed by atoms with Crippen LogP contribution < -0.4 is 5.56 Å². The molecular weight excluding hydrogens is 348 g/mol. The Labute approximate surface area is 166 Å². The van der Waals surface area contributed by atoms with E-state index in [4.69, 9.17) is 5.10 Å². The van der Waals surface area contributed by atoms with Gasteiger partial charge in [-0.3, -0.25) is 9.69 Å². The Morgan fingerprint density at radius 3 is 2.50 bits per heavy atom. The minimum absolute atomic E-state index is 0.0274. The van der Waals surface area contributed by atoms with Gasteiger partial charge in [-0.1, -0.05) is 24.3 Å². The summed E-state index contributed by atoms with van der Waals surface area (Å²) in [5.41, 5.74) is 6.03. The molecule has 28 heavy (non-hydrogen) atoms. The number of H-pyrrole nitrogens is 1. The molecule has 1 fully saturated rings. The summed E-state index contributed by atoms with van der Waals surface area (Å²) >= 11 is 0. The van der Waals surface area contributed by atoms with Crippen molar-refractivity contribution in [3.05, 3.63) is 81.5 Å². The van der Waals surface area contributed by atoms with Crippen LogP contribution in [0, 0.1) is 19.8 Å². The van der Waals surface area contributed by atoms with Gasteiger partial charge in [0.25, 0.3) is 0 Å². The van der Waals surface area contributed by atoms with Gasteiger partial charge in [0.2, 0.25) is 5.56 Å². The number of para-hydroxylation sites is 1. The van der Waals surface area contributed by atoms with E-state index in [0.29, 0.717) is 5.92 Å². The van der Waals surface area contributed by atoms with Crippen molar-refractivity contribution in [2.75, 3.05) is 13.1 Å². The van der Waals surface area contributed by atoms with Crippen molar-refractivity contribution in [1.29, 1.82) is 0 Å². The molecule has 3 heterocycles. The summed E-state index contributed by atoms with van der Waals surface area (Å²) in [6.07, 6.45) is 5.31. The second-order valence-corrected chi connectivity index (χ2v) is 7.88. The van der Waals surface area contributed by atoms with E-state index in [-0.39, 0.29) is 5.56 Å². The van der Waals surface area contributed by atoms with Gasteiger partial charge in [-0.25, -0.2) is 4.68 Å². The van der Waals surface area contributed by atoms with Gasteiger partial charge in [-0.15, -0.1) is 0 Å². The summed E-state index contributed by atoms with van der Waals surface area (Å²) in [7, 11) is 0. The topological polar surface area (TPSA) is 53.9 Å². The standard InChI is InChI=1S/C23H28N4O/c1-17-22(18(2)27(25-17)21-6-4-3-5-7-21)16-26-12-10-19(11-13-26)14-20-8-9-23(28)24-15-20/h3-9,15,19H,10-14,16H2,1-2H3,(H,24,28). The quantitative estimate of drug-likeness (QED) is 0.740. The second-order valence-electron chi connectivity index (χ2n) is 7.88. The average Bonchev–Trinajstić information content (AvgIpc) is 3.00. The molecule has 1 N–H and O–H groups in total. The number of hydrogen-bond donors (Lipinski definition) is 1. The molecule has 0 unspecified atom stereocenters. The van der Waals surface area contributed by atoms with Crippen molar-refractivity contribution < 1.29 is 0 Å². The van der Waals surface area contributed by atoms with Gasteiger partial charge in [0, 0.05) is 30.1 Å². The monoisotopic (exact) mass is 376 g/mol. The summed E-state index contributed by atoms with van der Waals surface area (Å²) in [5, 5.41) is 4.78. The molecular formula is C23H28N4O. The van der Waals surface area contributed by atoms with Gasteiger partial charge in [-0.2, -0.15) is 5.10 Å². The summed E-state index contributed by atoms with van der Waals surface area (Å²) < 4.78 is 2.06. The molecule has 0 amide bonds. The Morgan fingerprint density at radius 2 is 1.82 bits per heavy atom. The van der Waals surface area contributed by atoms with E-state index < -0.39 is 0 Å². The lowest BCUT2D eigenvalue weighted by molar-refractivity contribution is 0.176. The molecule has 2 aromatic heterocycles. The Hall–Kier alpha value is -2.66. The van der Waals surface area contributed by atoms with Crippen LogP contribution in [-0.4, -0.2) is 32.8 Å². The third-order valence-corrected chi connectivity index (χ3v) is 5.90. The number of piperidine rings is 1. The molecule has 0 aliphatic carbocycles. The van der Waals surface area contributed by atoms with Gasteiger partial charge < -0.3 is 4.98 Å². The third-order valence-electron chi connectivity index (χ3n) is 5.90. The number of aromatic amines is 1. The maximum absolute atomic E-state index is 11.2. The highest BCUT2D eigenvalue weighted by Crippen LogP contribution is 2.25. The maximum Gasteiger partial charge on any atom is 0.247 e. The van der Waals surface area contributed by atoms with Crippen molar-refractivity contribution >= 4 is 0 Å². The first-order valence-electron chi connectivity index (χ1n) is 10.1. The van der Waals surface area contributed by atoms with Gasteiger partial charge in [0.15, 0.2) is 0 Å². The van der Waals surface area contributed by atoms with Crippen LogP contribution in [0.1, 0.15) is 35.4 Å². The smallest absolute Gasteiger partial charge is 0.247 e. The van der Waals surface area contributed by atoms with Crippen LogP contribution in [0.3, 0.4) is 0 Å². The Balaban J connectivity index is 1.38. The Bertz CT molecular complexity index is 961. The summed E-state index contributed by atoms with van der Waals surface area (Å²) in [4.78, 5) is 16.5. The molecule has 1 aromatic carbocycles. The molecule has 3 aromatic rings. The predicted octanol–water partition coefficient (Wildman–Crippen LogP) is 3.63. The van der Waals surface area contributed by atoms with Crippen LogP contribution in [0.5, 0.6) is 0 Å². The molecule has 1 aliphatic heterocycles. The summed E-state index contributed by atoms with van der Waals surface area (Å²) in [6, 6.07) is 13.9. The number of likely N-dealkylation sites (tertiary alicyclic amines) is 1. The van der Waals surface area contributed by atoms with E-state index >= 15 is 0 Å². The fourth-order valence-corrected chi connectivity index (χ4v) is 4.20. The summed E-state index contributed by atoms with van der Waals surface area (Å²) in [5.74, 6) is 0.691. The highest BCUT2D eigenvalue weighted by molar-refractivity contribution is 5.36. The molecule has 0 saturated carbocycles. The first-order valence-corrected chi connectivity index (χ1v) is 10.1. The number of pyridine rings is 1. The van der Waals surface area contributed by atoms with Crippen LogP contribution in [0.15, 0.2) is 53.5 Å². The number of benzene rings is 1. The number of nitrogens with one attached hydrogen (secondary N) is 1. The number of hydrogen-bond acceptors (Lipinski definition) is 3. The number of rotatable bonds is 5. The predicted molar refractivity (Wildman–Crippen MR) is 112 cm³/mol. The van der Waals surface area contributed by atoms with Crippen LogP contribution in [0.2, 0.25) is 0 Å². The zero-order valence-electron chi connectivity index (χ0n) is 16.7. The molecule has 5 heteroatoms. The van der Waals surface area contributed by atoms with Gasteiger partial charge in [-0.05, 0) is 69.8 Å². The van der Waals surface area contributed by atoms with Crippen molar-refractivity contribution in [2.24, 2.45) is 5.92 Å². The highest BCUT2D eigenvalue weighted by Gasteiger charge is 2.22. The van der Waals surface area contributed by atoms with Gasteiger partial charge >= 0.3 is 0 Å². The zero-order valence-corrected chi connectivity index (χ0v) is 16.7. The van der Waals surface area contributed by atoms with E-state index in [0.717, 1.165) is 37.4 Å². The van der Waals surface area contributed by atoms with Crippen molar-refractivity contribution in [2.45, 2.75) is 39.7 Å². The Morgan fingerprint density at radius 1 is 1.07 bits per heavy atom. The van der Waals surface area contributed by atoms with Crippen LogP contribution in [0.4, 0.5) is 0 Å². The molecule has 0 bridgehead atoms. The van der Waals surface area contributed by atoms with E-state index in [2.05, 4.69) is 52.7 Å². The minimum atomic E-state index is -0.0274. The van der Waals surface area contributed by atoms with Crippen LogP contribution >= 0.6 is 0 Å². The van der Waals surface area contributed by atoms with Gasteiger partial charge in [0.1, 0.15) is 0 Å². The maximum atomic E-state index is 11.2. The van der Waals surface area contributed by atoms with Crippen LogP contribution in [-0.2, 0) is 13.0 Å². The van der Waals surface area contributed by atoms with Crippen molar-refractivity contribution in [3.8, 4) is 5.69 Å². The fourth-order valence-electron chi connectivity index (χ4n) is 4.20. The molecule has 0 spiro atoms. The zero-order chi connectivity index (χ0) is 19.5. The Kier molecular flexibility index (Phi) is 5.44. The van der Waals surface area contributed by atoms with E-state index in [1.165, 1.54) is 29.7 Å². The number of aryl methyl sites for hydroxylation is 1. The SMILES string of the molecule is Cc1nn(-c2ccccc2)c(C)c1CN1CCC(Cc2ccc(=O)[nH]c2)CC1. The summed E-state index contributed by atoms with van der Waals surface area (Å²) in [6.45, 7) is 7.48. The molecule has 146 valence electrons. The fraction of sp³-hybridized carbons (Fsp3) is 0.391. The lowest BCUT2D eigenvalue weighted by Gasteiger charge is -2.32. The van der Waals surface area contributed by atoms with E-state index in [1.54, 1.807) is 6.07 Å². The first-order chi connectivity index (χ1) is 13.6. The molecule has 0 radical (unpaired) electrons. The normalized spacial score (nSPS) is 15.8. The lowest BCUT2D eigenvalue weighted by atomic mass is 9.90. The highest BCUT2D eigenvalue weighted by atomic mass is 16.1. The third kappa shape index (κ3) is 4.09. The van der Waals surface area contributed by atoms with E-state index in [9.17, 15) is 4.79 Å². The molecule has 4 rings (SSSR count). The van der Waals surface area contributed by atoms with E-state index in [1.807, 2.05) is 18.3 Å². The molecule has 0 atom stereocenters. The molecule has 1 saturated heterocycles. The first kappa shape index (κ1) is 18.7. The van der Waals surface area contributed by atoms with Crippen molar-refractivity contribution in [3.63, 3.8) is 0 Å². The van der Waals surface area contributed by atoms with Crippen molar-refractivity contribution in [1.82, 2.24) is 19.7 Å². The lowest BCUT2D eigenvalue weighted by Crippen LogP contribution is -2.34. The largest absolute Gasteiger partial charge is 0.329 e. The van der Waals surface area contributed by atoms with Gasteiger partial charge in [0.05, 0.1) is 11.4 Å². The minimum Gasteiger partial charge on any atom is -0.329 e.